The lowest BCUT2D eigenvalue weighted by Gasteiger charge is -2.48. The molecule has 0 radical (unpaired) electrons. The lowest BCUT2D eigenvalue weighted by atomic mass is 9.86. The van der Waals surface area contributed by atoms with Crippen LogP contribution < -0.4 is 10.6 Å². The van der Waals surface area contributed by atoms with Crippen molar-refractivity contribution in [1.82, 2.24) is 4.98 Å². The Morgan fingerprint density at radius 3 is 2.89 bits per heavy atom. The largest absolute Gasteiger partial charge is 0.508 e. The van der Waals surface area contributed by atoms with Gasteiger partial charge < -0.3 is 15.7 Å². The number of rotatable bonds is 3. The molecule has 3 N–H and O–H groups in total. The number of phenols is 1. The van der Waals surface area contributed by atoms with Crippen molar-refractivity contribution >= 4 is 16.6 Å². The molecule has 1 aliphatic heterocycles. The third-order valence-electron chi connectivity index (χ3n) is 3.79. The second kappa shape index (κ2) is 4.38. The van der Waals surface area contributed by atoms with Crippen LogP contribution in [0.5, 0.6) is 5.75 Å². The monoisotopic (exact) mass is 257 g/mol. The van der Waals surface area contributed by atoms with E-state index in [2.05, 4.69) is 16.8 Å². The number of pyridine rings is 1. The average Bonchev–Trinajstić information content (AvgIpc) is 2.35. The second-order valence-corrected chi connectivity index (χ2v) is 5.51. The molecule has 2 aromatic rings. The van der Waals surface area contributed by atoms with Crippen molar-refractivity contribution in [2.45, 2.75) is 25.3 Å². The predicted molar refractivity (Wildman–Crippen MR) is 77.4 cm³/mol. The lowest BCUT2D eigenvalue weighted by Crippen LogP contribution is -2.67. The van der Waals surface area contributed by atoms with E-state index >= 15 is 0 Å². The molecule has 1 aliphatic rings. The lowest BCUT2D eigenvalue weighted by molar-refractivity contribution is 0.306. The Morgan fingerprint density at radius 2 is 2.16 bits per heavy atom. The first-order valence-corrected chi connectivity index (χ1v) is 6.73. The standard InChI is InChI=1S/C15H19N3O/c1-2-6-15(16)9-18(10-15)14-13-8-12(19)4-3-11(13)5-7-17-14/h3-5,7-8,19H,2,6,9-10,16H2,1H3. The van der Waals surface area contributed by atoms with Gasteiger partial charge in [0, 0.05) is 24.7 Å². The molecule has 0 amide bonds. The van der Waals surface area contributed by atoms with Gasteiger partial charge in [0.2, 0.25) is 0 Å². The normalized spacial score (nSPS) is 17.5. The number of fused-ring (bicyclic) bond motifs is 1. The molecule has 100 valence electrons. The molecule has 0 saturated carbocycles. The van der Waals surface area contributed by atoms with Crippen molar-refractivity contribution in [3.05, 3.63) is 30.5 Å². The quantitative estimate of drug-likeness (QED) is 0.885. The maximum Gasteiger partial charge on any atom is 0.136 e. The van der Waals surface area contributed by atoms with Gasteiger partial charge in [-0.15, -0.1) is 0 Å². The van der Waals surface area contributed by atoms with E-state index in [4.69, 9.17) is 5.73 Å². The summed E-state index contributed by atoms with van der Waals surface area (Å²) in [5.74, 6) is 1.19. The number of aromatic hydroxyl groups is 1. The molecule has 0 spiro atoms. The third kappa shape index (κ3) is 2.12. The summed E-state index contributed by atoms with van der Waals surface area (Å²) in [5.41, 5.74) is 6.22. The molecule has 0 aliphatic carbocycles. The summed E-state index contributed by atoms with van der Waals surface area (Å²) < 4.78 is 0. The van der Waals surface area contributed by atoms with Crippen LogP contribution in [-0.2, 0) is 0 Å². The minimum Gasteiger partial charge on any atom is -0.508 e. The van der Waals surface area contributed by atoms with Crippen LogP contribution in [0.4, 0.5) is 5.82 Å². The average molecular weight is 257 g/mol. The van der Waals surface area contributed by atoms with E-state index < -0.39 is 0 Å². The minimum absolute atomic E-state index is 0.0740. The zero-order valence-electron chi connectivity index (χ0n) is 11.1. The zero-order chi connectivity index (χ0) is 13.5. The van der Waals surface area contributed by atoms with Gasteiger partial charge in [0.15, 0.2) is 0 Å². The van der Waals surface area contributed by atoms with Gasteiger partial charge in [-0.05, 0) is 30.0 Å². The number of hydrogen-bond acceptors (Lipinski definition) is 4. The van der Waals surface area contributed by atoms with E-state index in [9.17, 15) is 5.11 Å². The maximum atomic E-state index is 9.64. The summed E-state index contributed by atoms with van der Waals surface area (Å²) in [7, 11) is 0. The van der Waals surface area contributed by atoms with Crippen molar-refractivity contribution < 1.29 is 5.11 Å². The fourth-order valence-corrected chi connectivity index (χ4v) is 2.91. The Morgan fingerprint density at radius 1 is 1.37 bits per heavy atom. The van der Waals surface area contributed by atoms with E-state index in [1.54, 1.807) is 12.1 Å². The number of aromatic nitrogens is 1. The van der Waals surface area contributed by atoms with E-state index in [1.807, 2.05) is 18.3 Å². The molecule has 1 fully saturated rings. The van der Waals surface area contributed by atoms with Crippen LogP contribution in [0.2, 0.25) is 0 Å². The molecule has 4 heteroatoms. The van der Waals surface area contributed by atoms with E-state index in [0.717, 1.165) is 42.5 Å². The Labute approximate surface area is 112 Å². The van der Waals surface area contributed by atoms with E-state index in [-0.39, 0.29) is 11.3 Å². The van der Waals surface area contributed by atoms with Crippen molar-refractivity contribution in [3.63, 3.8) is 0 Å². The van der Waals surface area contributed by atoms with Crippen LogP contribution in [0.1, 0.15) is 19.8 Å². The highest BCUT2D eigenvalue weighted by atomic mass is 16.3. The number of benzene rings is 1. The molecule has 2 heterocycles. The summed E-state index contributed by atoms with van der Waals surface area (Å²) in [6, 6.07) is 7.34. The Hall–Kier alpha value is -1.81. The van der Waals surface area contributed by atoms with Crippen LogP contribution in [0.25, 0.3) is 10.8 Å². The van der Waals surface area contributed by atoms with Crippen molar-refractivity contribution in [1.29, 1.82) is 0 Å². The van der Waals surface area contributed by atoms with Gasteiger partial charge in [-0.3, -0.25) is 0 Å². The highest BCUT2D eigenvalue weighted by Crippen LogP contribution is 2.33. The van der Waals surface area contributed by atoms with E-state index in [0.29, 0.717) is 0 Å². The molecule has 0 unspecified atom stereocenters. The third-order valence-corrected chi connectivity index (χ3v) is 3.79. The molecule has 3 rings (SSSR count). The molecular formula is C15H19N3O. The fourth-order valence-electron chi connectivity index (χ4n) is 2.91. The van der Waals surface area contributed by atoms with Crippen molar-refractivity contribution in [2.24, 2.45) is 5.73 Å². The van der Waals surface area contributed by atoms with Gasteiger partial charge in [-0.25, -0.2) is 4.98 Å². The SMILES string of the molecule is CCCC1(N)CN(c2nccc3ccc(O)cc23)C1. The molecule has 0 atom stereocenters. The van der Waals surface area contributed by atoms with E-state index in [1.165, 1.54) is 0 Å². The first-order chi connectivity index (χ1) is 9.11. The van der Waals surface area contributed by atoms with Gasteiger partial charge in [-0.2, -0.15) is 0 Å². The molecule has 19 heavy (non-hydrogen) atoms. The number of nitrogens with zero attached hydrogens (tertiary/aromatic N) is 2. The van der Waals surface area contributed by atoms with Crippen molar-refractivity contribution in [3.8, 4) is 5.75 Å². The number of nitrogens with two attached hydrogens (primary N) is 1. The molecular weight excluding hydrogens is 238 g/mol. The highest BCUT2D eigenvalue weighted by Gasteiger charge is 2.39. The first-order valence-electron chi connectivity index (χ1n) is 6.73. The first kappa shape index (κ1) is 12.2. The number of phenolic OH excluding ortho intramolecular Hbond substituents is 1. The summed E-state index contributed by atoms with van der Waals surface area (Å²) in [4.78, 5) is 6.65. The summed E-state index contributed by atoms with van der Waals surface area (Å²) in [6.45, 7) is 3.83. The van der Waals surface area contributed by atoms with Crippen LogP contribution in [-0.4, -0.2) is 28.7 Å². The van der Waals surface area contributed by atoms with Crippen LogP contribution in [0.3, 0.4) is 0 Å². The highest BCUT2D eigenvalue weighted by molar-refractivity contribution is 5.93. The van der Waals surface area contributed by atoms with Gasteiger partial charge >= 0.3 is 0 Å². The minimum atomic E-state index is -0.0740. The fraction of sp³-hybridized carbons (Fsp3) is 0.400. The molecule has 1 aromatic carbocycles. The molecule has 4 nitrogen and oxygen atoms in total. The molecule has 1 aromatic heterocycles. The topological polar surface area (TPSA) is 62.4 Å². The maximum absolute atomic E-state index is 9.64. The number of hydrogen-bond donors (Lipinski definition) is 2. The number of anilines is 1. The Bertz CT molecular complexity index is 605. The van der Waals surface area contributed by atoms with Crippen LogP contribution in [0, 0.1) is 0 Å². The summed E-state index contributed by atoms with van der Waals surface area (Å²) >= 11 is 0. The predicted octanol–water partition coefficient (Wildman–Crippen LogP) is 2.26. The Balaban J connectivity index is 1.92. The van der Waals surface area contributed by atoms with Gasteiger partial charge in [0.1, 0.15) is 11.6 Å². The summed E-state index contributed by atoms with van der Waals surface area (Å²) in [5, 5.41) is 11.7. The van der Waals surface area contributed by atoms with Gasteiger partial charge in [0.05, 0.1) is 5.54 Å². The smallest absolute Gasteiger partial charge is 0.136 e. The van der Waals surface area contributed by atoms with Crippen LogP contribution >= 0.6 is 0 Å². The summed E-state index contributed by atoms with van der Waals surface area (Å²) in [6.07, 6.45) is 3.96. The second-order valence-electron chi connectivity index (χ2n) is 5.51. The van der Waals surface area contributed by atoms with Crippen molar-refractivity contribution in [2.75, 3.05) is 18.0 Å². The molecule has 0 bridgehead atoms. The van der Waals surface area contributed by atoms with Crippen LogP contribution in [0.15, 0.2) is 30.5 Å². The van der Waals surface area contributed by atoms with Gasteiger partial charge in [0.25, 0.3) is 0 Å². The zero-order valence-corrected chi connectivity index (χ0v) is 11.1. The van der Waals surface area contributed by atoms with Gasteiger partial charge in [-0.1, -0.05) is 19.4 Å². The molecule has 1 saturated heterocycles. The Kier molecular flexibility index (Phi) is 2.82.